The Labute approximate surface area is 126 Å². The van der Waals surface area contributed by atoms with Gasteiger partial charge in [-0.05, 0) is 38.6 Å². The van der Waals surface area contributed by atoms with E-state index in [9.17, 15) is 4.79 Å². The molecule has 0 saturated heterocycles. The molecule has 0 aromatic heterocycles. The SMILES string of the molecule is CN[C@@H](C)[C@H](Oc1cccc(C(C)=O)c1)c1ccccc1. The Kier molecular flexibility index (Phi) is 5.12. The molecule has 21 heavy (non-hydrogen) atoms. The first kappa shape index (κ1) is 15.3. The van der Waals surface area contributed by atoms with Crippen molar-refractivity contribution in [2.24, 2.45) is 0 Å². The van der Waals surface area contributed by atoms with Gasteiger partial charge in [-0.25, -0.2) is 0 Å². The number of carbonyl (C=O) groups is 1. The second-order valence-corrected chi connectivity index (χ2v) is 5.11. The minimum absolute atomic E-state index is 0.0402. The lowest BCUT2D eigenvalue weighted by atomic mass is 10.0. The number of hydrogen-bond donors (Lipinski definition) is 1. The summed E-state index contributed by atoms with van der Waals surface area (Å²) in [6, 6.07) is 17.5. The number of rotatable bonds is 6. The number of ether oxygens (including phenoxy) is 1. The smallest absolute Gasteiger partial charge is 0.159 e. The molecule has 0 aliphatic rings. The van der Waals surface area contributed by atoms with Gasteiger partial charge in [0.1, 0.15) is 11.9 Å². The number of benzene rings is 2. The van der Waals surface area contributed by atoms with E-state index < -0.39 is 0 Å². The van der Waals surface area contributed by atoms with Gasteiger partial charge in [-0.3, -0.25) is 4.79 Å². The van der Waals surface area contributed by atoms with E-state index in [0.29, 0.717) is 11.3 Å². The third-order valence-electron chi connectivity index (χ3n) is 3.54. The maximum Gasteiger partial charge on any atom is 0.159 e. The van der Waals surface area contributed by atoms with Crippen LogP contribution in [0.15, 0.2) is 54.6 Å². The Hall–Kier alpha value is -2.13. The van der Waals surface area contributed by atoms with Crippen LogP contribution in [0.5, 0.6) is 5.75 Å². The molecule has 0 saturated carbocycles. The molecule has 0 aliphatic carbocycles. The van der Waals surface area contributed by atoms with Crippen LogP contribution in [0.4, 0.5) is 0 Å². The summed E-state index contributed by atoms with van der Waals surface area (Å²) >= 11 is 0. The monoisotopic (exact) mass is 283 g/mol. The standard InChI is InChI=1S/C18H21NO2/c1-13(19-3)18(15-8-5-4-6-9-15)21-17-11-7-10-16(12-17)14(2)20/h4-13,18-19H,1-3H3/t13-,18-/m0/s1. The highest BCUT2D eigenvalue weighted by Gasteiger charge is 2.20. The normalized spacial score (nSPS) is 13.5. The molecular formula is C18H21NO2. The van der Waals surface area contributed by atoms with Crippen LogP contribution in [-0.4, -0.2) is 18.9 Å². The van der Waals surface area contributed by atoms with Gasteiger partial charge in [0.2, 0.25) is 0 Å². The summed E-state index contributed by atoms with van der Waals surface area (Å²) in [4.78, 5) is 11.5. The van der Waals surface area contributed by atoms with Crippen molar-refractivity contribution in [1.82, 2.24) is 5.32 Å². The van der Waals surface area contributed by atoms with E-state index in [2.05, 4.69) is 12.2 Å². The highest BCUT2D eigenvalue weighted by molar-refractivity contribution is 5.94. The van der Waals surface area contributed by atoms with Gasteiger partial charge in [0.15, 0.2) is 5.78 Å². The highest BCUT2D eigenvalue weighted by Crippen LogP contribution is 2.25. The molecule has 2 rings (SSSR count). The van der Waals surface area contributed by atoms with Gasteiger partial charge in [0.05, 0.1) is 0 Å². The molecule has 2 atom stereocenters. The first-order chi connectivity index (χ1) is 10.1. The fourth-order valence-electron chi connectivity index (χ4n) is 2.19. The number of carbonyl (C=O) groups excluding carboxylic acids is 1. The zero-order valence-corrected chi connectivity index (χ0v) is 12.7. The summed E-state index contributed by atoms with van der Waals surface area (Å²) < 4.78 is 6.13. The quantitative estimate of drug-likeness (QED) is 0.823. The predicted octanol–water partition coefficient (Wildman–Crippen LogP) is 3.62. The lowest BCUT2D eigenvalue weighted by Crippen LogP contribution is -2.32. The van der Waals surface area contributed by atoms with Crippen LogP contribution in [0.2, 0.25) is 0 Å². The van der Waals surface area contributed by atoms with E-state index in [4.69, 9.17) is 4.74 Å². The molecule has 110 valence electrons. The number of Topliss-reactive ketones (excluding diaryl/α,β-unsaturated/α-hetero) is 1. The van der Waals surface area contributed by atoms with Crippen LogP contribution in [0.25, 0.3) is 0 Å². The van der Waals surface area contributed by atoms with Crippen LogP contribution < -0.4 is 10.1 Å². The molecule has 0 aliphatic heterocycles. The van der Waals surface area contributed by atoms with Crippen molar-refractivity contribution in [2.75, 3.05) is 7.05 Å². The summed E-state index contributed by atoms with van der Waals surface area (Å²) in [5.74, 6) is 0.747. The van der Waals surface area contributed by atoms with Crippen molar-refractivity contribution in [3.05, 3.63) is 65.7 Å². The van der Waals surface area contributed by atoms with E-state index in [0.717, 1.165) is 5.56 Å². The van der Waals surface area contributed by atoms with Gasteiger partial charge in [-0.1, -0.05) is 42.5 Å². The molecule has 0 radical (unpaired) electrons. The fourth-order valence-corrected chi connectivity index (χ4v) is 2.19. The molecule has 0 amide bonds. The third-order valence-corrected chi connectivity index (χ3v) is 3.54. The van der Waals surface area contributed by atoms with E-state index in [1.807, 2.05) is 49.5 Å². The zero-order chi connectivity index (χ0) is 15.2. The molecule has 2 aromatic carbocycles. The maximum atomic E-state index is 11.5. The summed E-state index contributed by atoms with van der Waals surface area (Å²) in [6.07, 6.45) is -0.113. The summed E-state index contributed by atoms with van der Waals surface area (Å²) in [7, 11) is 1.91. The lowest BCUT2D eigenvalue weighted by molar-refractivity contribution is 0.101. The largest absolute Gasteiger partial charge is 0.484 e. The molecule has 1 N–H and O–H groups in total. The van der Waals surface area contributed by atoms with Crippen molar-refractivity contribution in [2.45, 2.75) is 26.0 Å². The Bertz CT molecular complexity index is 595. The first-order valence-electron chi connectivity index (χ1n) is 7.11. The van der Waals surface area contributed by atoms with Crippen LogP contribution in [0.3, 0.4) is 0 Å². The van der Waals surface area contributed by atoms with Crippen molar-refractivity contribution in [1.29, 1.82) is 0 Å². The average molecular weight is 283 g/mol. The van der Waals surface area contributed by atoms with Crippen molar-refractivity contribution in [3.8, 4) is 5.75 Å². The van der Waals surface area contributed by atoms with Crippen molar-refractivity contribution < 1.29 is 9.53 Å². The van der Waals surface area contributed by atoms with Gasteiger partial charge >= 0.3 is 0 Å². The first-order valence-corrected chi connectivity index (χ1v) is 7.11. The number of hydrogen-bond acceptors (Lipinski definition) is 3. The molecular weight excluding hydrogens is 262 g/mol. The van der Waals surface area contributed by atoms with Gasteiger partial charge < -0.3 is 10.1 Å². The molecule has 0 unspecified atom stereocenters. The van der Waals surface area contributed by atoms with Crippen LogP contribution >= 0.6 is 0 Å². The Morgan fingerprint density at radius 3 is 2.43 bits per heavy atom. The van der Waals surface area contributed by atoms with E-state index in [-0.39, 0.29) is 17.9 Å². The van der Waals surface area contributed by atoms with Gasteiger partial charge in [-0.2, -0.15) is 0 Å². The summed E-state index contributed by atoms with van der Waals surface area (Å²) in [6.45, 7) is 3.64. The maximum absolute atomic E-state index is 11.5. The van der Waals surface area contributed by atoms with Gasteiger partial charge in [0.25, 0.3) is 0 Å². The lowest BCUT2D eigenvalue weighted by Gasteiger charge is -2.25. The highest BCUT2D eigenvalue weighted by atomic mass is 16.5. The van der Waals surface area contributed by atoms with Gasteiger partial charge in [0, 0.05) is 11.6 Å². The second kappa shape index (κ2) is 7.04. The van der Waals surface area contributed by atoms with Crippen LogP contribution in [0, 0.1) is 0 Å². The molecule has 0 spiro atoms. The molecule has 0 bridgehead atoms. The van der Waals surface area contributed by atoms with E-state index in [1.54, 1.807) is 19.1 Å². The topological polar surface area (TPSA) is 38.3 Å². The predicted molar refractivity (Wildman–Crippen MR) is 84.8 cm³/mol. The fraction of sp³-hybridized carbons (Fsp3) is 0.278. The zero-order valence-electron chi connectivity index (χ0n) is 12.7. The third kappa shape index (κ3) is 3.92. The van der Waals surface area contributed by atoms with Crippen LogP contribution in [0.1, 0.15) is 35.9 Å². The Morgan fingerprint density at radius 1 is 1.10 bits per heavy atom. The van der Waals surface area contributed by atoms with E-state index in [1.165, 1.54) is 0 Å². The summed E-state index contributed by atoms with van der Waals surface area (Å²) in [5, 5.41) is 3.23. The molecule has 3 nitrogen and oxygen atoms in total. The minimum Gasteiger partial charge on any atom is -0.484 e. The van der Waals surface area contributed by atoms with Crippen molar-refractivity contribution in [3.63, 3.8) is 0 Å². The second-order valence-electron chi connectivity index (χ2n) is 5.11. The number of ketones is 1. The van der Waals surface area contributed by atoms with Crippen LogP contribution in [-0.2, 0) is 0 Å². The Morgan fingerprint density at radius 2 is 1.81 bits per heavy atom. The number of nitrogens with one attached hydrogen (secondary N) is 1. The molecule has 0 fully saturated rings. The van der Waals surface area contributed by atoms with E-state index >= 15 is 0 Å². The Balaban J connectivity index is 2.27. The molecule has 2 aromatic rings. The molecule has 0 heterocycles. The van der Waals surface area contributed by atoms with Crippen molar-refractivity contribution >= 4 is 5.78 Å². The minimum atomic E-state index is -0.113. The van der Waals surface area contributed by atoms with Gasteiger partial charge in [-0.15, -0.1) is 0 Å². The average Bonchev–Trinajstić information content (AvgIpc) is 2.53. The summed E-state index contributed by atoms with van der Waals surface area (Å²) in [5.41, 5.74) is 1.77. The molecule has 3 heteroatoms. The number of likely N-dealkylation sites (N-methyl/N-ethyl adjacent to an activating group) is 1.